The lowest BCUT2D eigenvalue weighted by molar-refractivity contribution is 0.243. The molecule has 27 heavy (non-hydrogen) atoms. The van der Waals surface area contributed by atoms with E-state index in [1.54, 1.807) is 24.4 Å². The van der Waals surface area contributed by atoms with Crippen molar-refractivity contribution in [3.05, 3.63) is 50.9 Å². The van der Waals surface area contributed by atoms with Gasteiger partial charge in [0.15, 0.2) is 0 Å². The topological polar surface area (TPSA) is 96.8 Å². The largest absolute Gasteiger partial charge is 0.489 e. The van der Waals surface area contributed by atoms with Crippen molar-refractivity contribution in [2.75, 3.05) is 5.73 Å². The van der Waals surface area contributed by atoms with Crippen LogP contribution in [0, 0.1) is 0 Å². The van der Waals surface area contributed by atoms with Gasteiger partial charge in [0.1, 0.15) is 11.4 Å². The van der Waals surface area contributed by atoms with Crippen LogP contribution in [0.15, 0.2) is 35.3 Å². The van der Waals surface area contributed by atoms with Crippen LogP contribution in [0.3, 0.4) is 0 Å². The molecule has 0 unspecified atom stereocenters. The lowest BCUT2D eigenvalue weighted by atomic mass is 9.96. The highest BCUT2D eigenvalue weighted by molar-refractivity contribution is 6.36. The Morgan fingerprint density at radius 2 is 1.93 bits per heavy atom. The lowest BCUT2D eigenvalue weighted by Crippen LogP contribution is -2.14. The maximum atomic E-state index is 12.4. The van der Waals surface area contributed by atoms with E-state index in [4.69, 9.17) is 33.7 Å². The number of aromatic amines is 2. The fourth-order valence-electron chi connectivity index (χ4n) is 3.17. The summed E-state index contributed by atoms with van der Waals surface area (Å²) in [5, 5.41) is 9.37. The Labute approximate surface area is 164 Å². The average Bonchev–Trinajstić information content (AvgIpc) is 3.09. The van der Waals surface area contributed by atoms with Crippen molar-refractivity contribution in [2.45, 2.75) is 20.0 Å². The second-order valence-corrected chi connectivity index (χ2v) is 7.31. The first-order chi connectivity index (χ1) is 12.9. The monoisotopic (exact) mass is 402 g/mol. The highest BCUT2D eigenvalue weighted by atomic mass is 35.5. The lowest BCUT2D eigenvalue weighted by Gasteiger charge is -2.15. The third-order valence-corrected chi connectivity index (χ3v) is 4.91. The molecule has 0 aliphatic rings. The van der Waals surface area contributed by atoms with Crippen LogP contribution in [0.2, 0.25) is 10.0 Å². The number of halogens is 2. The van der Waals surface area contributed by atoms with Crippen molar-refractivity contribution in [3.8, 4) is 16.9 Å². The molecule has 4 aromatic rings. The molecular formula is C19H16Cl2N4O2. The molecule has 0 fully saturated rings. The Bertz CT molecular complexity index is 1240. The minimum atomic E-state index is -0.391. The highest BCUT2D eigenvalue weighted by Crippen LogP contribution is 2.40. The van der Waals surface area contributed by atoms with Gasteiger partial charge in [-0.3, -0.25) is 9.89 Å². The number of nitrogens with zero attached hydrogens (tertiary/aromatic N) is 1. The van der Waals surface area contributed by atoms with Crippen LogP contribution in [0.25, 0.3) is 32.9 Å². The van der Waals surface area contributed by atoms with Crippen molar-refractivity contribution in [2.24, 2.45) is 0 Å². The number of H-pyrrole nitrogens is 2. The quantitative estimate of drug-likeness (QED) is 0.460. The van der Waals surface area contributed by atoms with Gasteiger partial charge in [0, 0.05) is 16.3 Å². The van der Waals surface area contributed by atoms with Crippen molar-refractivity contribution >= 4 is 50.7 Å². The van der Waals surface area contributed by atoms with E-state index in [-0.39, 0.29) is 11.8 Å². The van der Waals surface area contributed by atoms with Crippen LogP contribution >= 0.6 is 23.2 Å². The van der Waals surface area contributed by atoms with Crippen molar-refractivity contribution in [3.63, 3.8) is 0 Å². The molecule has 8 heteroatoms. The Hall–Kier alpha value is -2.70. The number of nitrogens with one attached hydrogen (secondary N) is 2. The summed E-state index contributed by atoms with van der Waals surface area (Å²) in [4.78, 5) is 15.2. The van der Waals surface area contributed by atoms with E-state index in [9.17, 15) is 4.79 Å². The van der Waals surface area contributed by atoms with E-state index in [2.05, 4.69) is 15.2 Å². The number of nitrogen functional groups attached to an aromatic ring is 1. The first-order valence-electron chi connectivity index (χ1n) is 8.30. The number of rotatable bonds is 3. The molecule has 4 rings (SSSR count). The van der Waals surface area contributed by atoms with Gasteiger partial charge >= 0.3 is 0 Å². The predicted molar refractivity (Wildman–Crippen MR) is 110 cm³/mol. The molecule has 2 aromatic carbocycles. The van der Waals surface area contributed by atoms with Crippen molar-refractivity contribution in [1.29, 1.82) is 0 Å². The van der Waals surface area contributed by atoms with E-state index in [1.807, 2.05) is 19.9 Å². The summed E-state index contributed by atoms with van der Waals surface area (Å²) >= 11 is 12.6. The SMILES string of the molecule is CC(C)Oc1cc2c(-c3ccc(Cl)c4[nH]ncc34)c(N)c(=O)[nH]c2cc1Cl. The average molecular weight is 403 g/mol. The van der Waals surface area contributed by atoms with E-state index >= 15 is 0 Å². The number of ether oxygens (including phenoxy) is 1. The summed E-state index contributed by atoms with van der Waals surface area (Å²) in [6.07, 6.45) is 1.60. The van der Waals surface area contributed by atoms with Gasteiger partial charge in [-0.2, -0.15) is 5.10 Å². The summed E-state index contributed by atoms with van der Waals surface area (Å²) in [7, 11) is 0. The Kier molecular flexibility index (Phi) is 4.25. The molecule has 0 aliphatic heterocycles. The number of anilines is 1. The minimum absolute atomic E-state index is 0.0559. The Balaban J connectivity index is 2.12. The fourth-order valence-corrected chi connectivity index (χ4v) is 3.58. The van der Waals surface area contributed by atoms with Gasteiger partial charge in [0.25, 0.3) is 5.56 Å². The van der Waals surface area contributed by atoms with E-state index in [1.165, 1.54) is 0 Å². The third-order valence-electron chi connectivity index (χ3n) is 4.30. The maximum absolute atomic E-state index is 12.4. The van der Waals surface area contributed by atoms with Gasteiger partial charge in [-0.1, -0.05) is 29.3 Å². The zero-order valence-corrected chi connectivity index (χ0v) is 16.1. The van der Waals surface area contributed by atoms with Crippen LogP contribution in [0.1, 0.15) is 13.8 Å². The highest BCUT2D eigenvalue weighted by Gasteiger charge is 2.18. The molecule has 4 N–H and O–H groups in total. The first-order valence-corrected chi connectivity index (χ1v) is 9.06. The van der Waals surface area contributed by atoms with Crippen LogP contribution in [-0.4, -0.2) is 21.3 Å². The summed E-state index contributed by atoms with van der Waals surface area (Å²) in [5.41, 5.74) is 8.47. The normalized spacial score (nSPS) is 11.6. The molecular weight excluding hydrogens is 387 g/mol. The molecule has 0 aliphatic carbocycles. The maximum Gasteiger partial charge on any atom is 0.272 e. The van der Waals surface area contributed by atoms with Gasteiger partial charge in [-0.25, -0.2) is 0 Å². The van der Waals surface area contributed by atoms with Crippen LogP contribution in [0.5, 0.6) is 5.75 Å². The van der Waals surface area contributed by atoms with Gasteiger partial charge in [0.05, 0.1) is 33.4 Å². The van der Waals surface area contributed by atoms with Crippen molar-refractivity contribution in [1.82, 2.24) is 15.2 Å². The molecule has 2 aromatic heterocycles. The molecule has 0 atom stereocenters. The third kappa shape index (κ3) is 2.91. The molecule has 0 saturated carbocycles. The second kappa shape index (κ2) is 6.48. The number of nitrogens with two attached hydrogens (primary N) is 1. The number of fused-ring (bicyclic) bond motifs is 2. The molecule has 138 valence electrons. The van der Waals surface area contributed by atoms with Gasteiger partial charge in [0.2, 0.25) is 0 Å². The van der Waals surface area contributed by atoms with E-state index < -0.39 is 5.56 Å². The molecule has 0 amide bonds. The minimum Gasteiger partial charge on any atom is -0.489 e. The van der Waals surface area contributed by atoms with Gasteiger partial charge < -0.3 is 15.5 Å². The summed E-state index contributed by atoms with van der Waals surface area (Å²) in [6.45, 7) is 3.83. The van der Waals surface area contributed by atoms with Crippen LogP contribution < -0.4 is 16.0 Å². The number of hydrogen-bond donors (Lipinski definition) is 3. The fraction of sp³-hybridized carbons (Fsp3) is 0.158. The summed E-state index contributed by atoms with van der Waals surface area (Å²) in [6, 6.07) is 7.02. The van der Waals surface area contributed by atoms with E-state index in [0.29, 0.717) is 32.4 Å². The molecule has 0 spiro atoms. The van der Waals surface area contributed by atoms with Gasteiger partial charge in [-0.05, 0) is 37.6 Å². The smallest absolute Gasteiger partial charge is 0.272 e. The van der Waals surface area contributed by atoms with Gasteiger partial charge in [-0.15, -0.1) is 0 Å². The number of aromatic nitrogens is 3. The number of benzene rings is 2. The van der Waals surface area contributed by atoms with E-state index in [0.717, 1.165) is 16.3 Å². The van der Waals surface area contributed by atoms with Crippen LogP contribution in [0.4, 0.5) is 5.69 Å². The first kappa shape index (κ1) is 17.7. The zero-order valence-electron chi connectivity index (χ0n) is 14.6. The number of hydrogen-bond acceptors (Lipinski definition) is 4. The molecule has 2 heterocycles. The molecule has 6 nitrogen and oxygen atoms in total. The summed E-state index contributed by atoms with van der Waals surface area (Å²) < 4.78 is 5.80. The molecule has 0 radical (unpaired) electrons. The molecule has 0 saturated heterocycles. The van der Waals surface area contributed by atoms with Crippen molar-refractivity contribution < 1.29 is 4.74 Å². The second-order valence-electron chi connectivity index (χ2n) is 6.49. The Morgan fingerprint density at radius 3 is 2.67 bits per heavy atom. The van der Waals surface area contributed by atoms with Crippen LogP contribution in [-0.2, 0) is 0 Å². The Morgan fingerprint density at radius 1 is 1.15 bits per heavy atom. The zero-order chi connectivity index (χ0) is 19.3. The number of pyridine rings is 1. The summed E-state index contributed by atoms with van der Waals surface area (Å²) in [5.74, 6) is 0.518. The predicted octanol–water partition coefficient (Wildman–Crippen LogP) is 4.75. The standard InChI is InChI=1S/C19H16Cl2N4O2/c1-8(2)27-15-5-10-14(6-13(15)21)24-19(26)17(22)16(10)9-3-4-12(20)18-11(9)7-23-25-18/h3-8H,22H2,1-2H3,(H,23,25)(H,24,26). The molecule has 0 bridgehead atoms.